The maximum atomic E-state index is 8.07. The molecule has 3 N–H and O–H groups in total. The third-order valence-electron chi connectivity index (χ3n) is 12.9. The maximum Gasteiger partial charge on any atom is 0.136 e. The Morgan fingerprint density at radius 2 is 1.43 bits per heavy atom. The minimum atomic E-state index is -0.0853. The molecule has 0 unspecified atom stereocenters. The number of rotatable bonds is 8. The quantitative estimate of drug-likeness (QED) is 0.118. The average Bonchev–Trinajstić information content (AvgIpc) is 4.05. The molecule has 1 aliphatic rings. The van der Waals surface area contributed by atoms with Crippen molar-refractivity contribution in [2.75, 3.05) is 0 Å². The van der Waals surface area contributed by atoms with Gasteiger partial charge in [0.15, 0.2) is 0 Å². The van der Waals surface area contributed by atoms with Crippen LogP contribution in [0.25, 0.3) is 96.1 Å². The number of nitrogens with zero attached hydrogens (tertiary/aromatic N) is 2. The van der Waals surface area contributed by atoms with Crippen molar-refractivity contribution in [2.24, 2.45) is 10.7 Å². The van der Waals surface area contributed by atoms with Gasteiger partial charge in [-0.2, -0.15) is 0 Å². The number of amidine groups is 1. The second-order valence-electron chi connectivity index (χ2n) is 17.5. The molecule has 334 valence electrons. The molecule has 0 amide bonds. The number of fused-ring (bicyclic) bond motifs is 8. The van der Waals surface area contributed by atoms with Crippen molar-refractivity contribution in [2.45, 2.75) is 39.7 Å². The van der Waals surface area contributed by atoms with E-state index in [-0.39, 0.29) is 11.3 Å². The molecule has 0 atom stereocenters. The van der Waals surface area contributed by atoms with E-state index in [1.807, 2.05) is 73.7 Å². The lowest BCUT2D eigenvalue weighted by Crippen LogP contribution is -2.27. The van der Waals surface area contributed by atoms with Gasteiger partial charge in [0.05, 0.1) is 17.8 Å². The van der Waals surface area contributed by atoms with Crippen LogP contribution in [0.2, 0.25) is 0 Å². The first-order chi connectivity index (χ1) is 33.0. The number of aliphatic imine (C=N–C) groups is 1. The van der Waals surface area contributed by atoms with E-state index in [0.717, 1.165) is 72.8 Å². The first-order valence-electron chi connectivity index (χ1n) is 22.7. The number of hydrogen-bond donors (Lipinski definition) is 2. The van der Waals surface area contributed by atoms with Gasteiger partial charge in [-0.25, -0.2) is 0 Å². The number of allylic oxidation sites excluding steroid dienone is 1. The van der Waals surface area contributed by atoms with E-state index in [1.165, 1.54) is 33.4 Å². The Balaban J connectivity index is 0.000000187. The maximum absolute atomic E-state index is 8.07. The smallest absolute Gasteiger partial charge is 0.136 e. The van der Waals surface area contributed by atoms with Crippen LogP contribution in [0.1, 0.15) is 54.3 Å². The van der Waals surface area contributed by atoms with Gasteiger partial charge in [0.2, 0.25) is 0 Å². The predicted molar refractivity (Wildman–Crippen MR) is 289 cm³/mol. The van der Waals surface area contributed by atoms with Crippen LogP contribution in [0.15, 0.2) is 191 Å². The van der Waals surface area contributed by atoms with Crippen LogP contribution in [0.4, 0.5) is 0 Å². The van der Waals surface area contributed by atoms with Crippen LogP contribution in [-0.4, -0.2) is 17.1 Å². The summed E-state index contributed by atoms with van der Waals surface area (Å²) in [6, 6.07) is 52.5. The molecule has 0 radical (unpaired) electrons. The van der Waals surface area contributed by atoms with Crippen LogP contribution in [-0.2, 0) is 12.0 Å². The zero-order valence-corrected chi connectivity index (χ0v) is 39.1. The van der Waals surface area contributed by atoms with Gasteiger partial charge in [-0.15, -0.1) is 0 Å². The largest absolute Gasteiger partial charge is 0.457 e. The van der Waals surface area contributed by atoms with E-state index in [4.69, 9.17) is 20.0 Å². The van der Waals surface area contributed by atoms with Gasteiger partial charge < -0.3 is 19.1 Å². The topological polar surface area (TPSA) is 93.4 Å². The number of para-hydroxylation sites is 1. The van der Waals surface area contributed by atoms with Gasteiger partial charge in [-0.3, -0.25) is 10.4 Å². The number of nitrogens with one attached hydrogen (secondary N) is 1. The van der Waals surface area contributed by atoms with Gasteiger partial charge in [-0.05, 0) is 108 Å². The minimum Gasteiger partial charge on any atom is -0.457 e. The summed E-state index contributed by atoms with van der Waals surface area (Å²) in [5.41, 5.74) is 23.9. The number of benzene rings is 7. The van der Waals surface area contributed by atoms with Crippen molar-refractivity contribution in [3.8, 4) is 27.9 Å². The fraction of sp³-hybridized carbons (Fsp3) is 0.0968. The number of furan rings is 2. The van der Waals surface area contributed by atoms with Crippen molar-refractivity contribution in [3.05, 3.63) is 221 Å². The van der Waals surface area contributed by atoms with Crippen molar-refractivity contribution >= 4 is 80.7 Å². The van der Waals surface area contributed by atoms with E-state index < -0.39 is 0 Å². The van der Waals surface area contributed by atoms with Crippen LogP contribution < -0.4 is 16.4 Å². The second kappa shape index (κ2) is 18.4. The Hall–Kier alpha value is -8.48. The highest BCUT2D eigenvalue weighted by Gasteiger charge is 2.34. The Morgan fingerprint density at radius 1 is 0.721 bits per heavy atom. The standard InChI is InChI=1S/C38H29N3O2.C16H16.C8H9N/c1-5-11-31-25(6-2)28-12-8-9-14-32(28)41(31)24-17-19-34-30(21-24)37-27(13-10-15-35(37)43-34)23-16-18-33-29(20-23)36(22(4)42-33)26(7-3)38(39)40;1-11-8-9-13-12-6-4-5-7-14(12)16(2,3)15(13)10-11;1-9-7-8-5-3-2-4-6-8/h5-21H,2-4H2,1H3,(H3,39,40);4-10H,1-3H3;2-6H,1,7H2/b11-5-,36-26-;;. The first-order valence-corrected chi connectivity index (χ1v) is 22.7. The highest BCUT2D eigenvalue weighted by Crippen LogP contribution is 2.48. The molecule has 3 heterocycles. The fourth-order valence-electron chi connectivity index (χ4n) is 9.78. The van der Waals surface area contributed by atoms with Gasteiger partial charge in [0, 0.05) is 49.0 Å². The van der Waals surface area contributed by atoms with Gasteiger partial charge >= 0.3 is 0 Å². The zero-order chi connectivity index (χ0) is 47.7. The third kappa shape index (κ3) is 7.90. The van der Waals surface area contributed by atoms with E-state index in [1.54, 1.807) is 6.08 Å². The number of aromatic nitrogens is 1. The third-order valence-corrected chi connectivity index (χ3v) is 12.9. The molecular formula is C62H54N4O2. The molecule has 0 spiro atoms. The molecule has 0 aliphatic heterocycles. The SMILES string of the molecule is C=C/C(C(=N)N)=c1\c(=C)oc2ccc(-c3cccc4oc5ccc(-n6c(/C=C\C)c(C=C)c7ccccc76)cc5c34)cc12.C=NCc1ccccc1.Cc1ccc2c(c1)C(C)(C)c1ccccc1-2. The van der Waals surface area contributed by atoms with Gasteiger partial charge in [0.1, 0.15) is 28.0 Å². The Bertz CT molecular complexity index is 3760. The van der Waals surface area contributed by atoms with Crippen molar-refractivity contribution in [1.82, 2.24) is 4.57 Å². The lowest BCUT2D eigenvalue weighted by atomic mass is 9.82. The van der Waals surface area contributed by atoms with E-state index in [0.29, 0.717) is 21.8 Å². The predicted octanol–water partition coefficient (Wildman–Crippen LogP) is 14.5. The molecule has 0 fully saturated rings. The Morgan fingerprint density at radius 3 is 2.18 bits per heavy atom. The Kier molecular flexibility index (Phi) is 12.1. The normalized spacial score (nSPS) is 12.8. The molecule has 0 saturated heterocycles. The fourth-order valence-corrected chi connectivity index (χ4v) is 9.78. The van der Waals surface area contributed by atoms with Gasteiger partial charge in [-0.1, -0.05) is 167 Å². The summed E-state index contributed by atoms with van der Waals surface area (Å²) < 4.78 is 14.6. The van der Waals surface area contributed by atoms with E-state index in [2.05, 4.69) is 160 Å². The molecule has 0 bridgehead atoms. The number of aryl methyl sites for hydroxylation is 1. The van der Waals surface area contributed by atoms with Gasteiger partial charge in [0.25, 0.3) is 0 Å². The highest BCUT2D eigenvalue weighted by atomic mass is 16.3. The number of hydrogen-bond acceptors (Lipinski definition) is 4. The van der Waals surface area contributed by atoms with Crippen LogP contribution >= 0.6 is 0 Å². The van der Waals surface area contributed by atoms with Crippen LogP contribution in [0.5, 0.6) is 0 Å². The van der Waals surface area contributed by atoms with Crippen LogP contribution in [0, 0.1) is 12.3 Å². The second-order valence-corrected chi connectivity index (χ2v) is 17.5. The summed E-state index contributed by atoms with van der Waals surface area (Å²) in [6.07, 6.45) is 7.69. The molecule has 6 heteroatoms. The minimum absolute atomic E-state index is 0.0853. The summed E-state index contributed by atoms with van der Waals surface area (Å²) in [4.78, 5) is 3.76. The molecule has 0 saturated carbocycles. The molecule has 11 rings (SSSR count). The summed E-state index contributed by atoms with van der Waals surface area (Å²) >= 11 is 0. The molecule has 1 aliphatic carbocycles. The molecule has 6 nitrogen and oxygen atoms in total. The average molecular weight is 887 g/mol. The summed E-state index contributed by atoms with van der Waals surface area (Å²) in [7, 11) is 0. The molecule has 68 heavy (non-hydrogen) atoms. The molecular weight excluding hydrogens is 833 g/mol. The lowest BCUT2D eigenvalue weighted by Gasteiger charge is -2.21. The molecule has 3 aromatic heterocycles. The first kappa shape index (κ1) is 44.7. The van der Waals surface area contributed by atoms with E-state index in [9.17, 15) is 0 Å². The van der Waals surface area contributed by atoms with E-state index >= 15 is 0 Å². The Labute approximate surface area is 397 Å². The summed E-state index contributed by atoms with van der Waals surface area (Å²) in [6.45, 7) is 25.0. The monoisotopic (exact) mass is 886 g/mol. The lowest BCUT2D eigenvalue weighted by molar-refractivity contribution is 0.577. The highest BCUT2D eigenvalue weighted by molar-refractivity contribution is 6.19. The number of nitrogens with two attached hydrogens (primary N) is 1. The molecule has 10 aromatic rings. The zero-order valence-electron chi connectivity index (χ0n) is 39.1. The summed E-state index contributed by atoms with van der Waals surface area (Å²) in [5.74, 6) is -0.0853. The summed E-state index contributed by atoms with van der Waals surface area (Å²) in [5, 5.41) is 12.8. The van der Waals surface area contributed by atoms with Crippen molar-refractivity contribution in [3.63, 3.8) is 0 Å². The van der Waals surface area contributed by atoms with Crippen LogP contribution in [0.3, 0.4) is 0 Å². The molecule has 7 aromatic carbocycles. The van der Waals surface area contributed by atoms with Crippen molar-refractivity contribution in [1.29, 1.82) is 5.41 Å². The van der Waals surface area contributed by atoms with Crippen molar-refractivity contribution < 1.29 is 8.83 Å².